The zero-order chi connectivity index (χ0) is 20.7. The first-order valence-corrected chi connectivity index (χ1v) is 9.38. The molecule has 1 unspecified atom stereocenters. The van der Waals surface area contributed by atoms with Crippen molar-refractivity contribution in [3.05, 3.63) is 84.5 Å². The molecule has 2 aromatic rings. The molecule has 146 valence electrons. The predicted octanol–water partition coefficient (Wildman–Crippen LogP) is 4.21. The second-order valence-corrected chi connectivity index (χ2v) is 7.14. The predicted molar refractivity (Wildman–Crippen MR) is 115 cm³/mol. The lowest BCUT2D eigenvalue weighted by molar-refractivity contribution is -0.116. The number of rotatable bonds is 8. The van der Waals surface area contributed by atoms with Crippen molar-refractivity contribution >= 4 is 28.9 Å². The number of aliphatic hydroxyl groups is 1. The highest BCUT2D eigenvalue weighted by atomic mass is 32.2. The molecule has 1 atom stereocenters. The van der Waals surface area contributed by atoms with Crippen LogP contribution in [0.25, 0.3) is 0 Å². The van der Waals surface area contributed by atoms with Crippen LogP contribution in [0.1, 0.15) is 17.3 Å². The number of methoxy groups -OCH3 is 1. The van der Waals surface area contributed by atoms with E-state index in [1.165, 1.54) is 31.0 Å². The second-order valence-electron chi connectivity index (χ2n) is 6.00. The lowest BCUT2D eigenvalue weighted by Crippen LogP contribution is -2.42. The molecule has 0 spiro atoms. The summed E-state index contributed by atoms with van der Waals surface area (Å²) in [7, 11) is 1.28. The van der Waals surface area contributed by atoms with Crippen LogP contribution < -0.4 is 11.5 Å². The zero-order valence-electron chi connectivity index (χ0n) is 15.9. The molecule has 0 aromatic heterocycles. The molecule has 0 saturated carbocycles. The van der Waals surface area contributed by atoms with Crippen LogP contribution in [0.3, 0.4) is 0 Å². The Labute approximate surface area is 169 Å². The molecular formula is C22H24N2O3S. The molecule has 2 rings (SSSR count). The van der Waals surface area contributed by atoms with E-state index in [0.29, 0.717) is 22.5 Å². The number of allylic oxidation sites excluding steroid dienone is 3. The van der Waals surface area contributed by atoms with Crippen LogP contribution in [-0.4, -0.2) is 23.8 Å². The molecule has 0 amide bonds. The Bertz CT molecular complexity index is 900. The molecule has 0 bridgehead atoms. The Kier molecular flexibility index (Phi) is 7.23. The Morgan fingerprint density at radius 1 is 1.14 bits per heavy atom. The summed E-state index contributed by atoms with van der Waals surface area (Å²) in [6, 6.07) is 12.2. The van der Waals surface area contributed by atoms with Gasteiger partial charge in [-0.15, -0.1) is 0 Å². The number of hydrogen-bond acceptors (Lipinski definition) is 6. The lowest BCUT2D eigenvalue weighted by Gasteiger charge is -2.26. The molecular weight excluding hydrogens is 372 g/mol. The van der Waals surface area contributed by atoms with E-state index in [4.69, 9.17) is 16.2 Å². The summed E-state index contributed by atoms with van der Waals surface area (Å²) < 4.78 is 5.18. The Balaban J connectivity index is 2.29. The van der Waals surface area contributed by atoms with E-state index in [9.17, 15) is 9.90 Å². The van der Waals surface area contributed by atoms with Crippen LogP contribution in [-0.2, 0) is 4.74 Å². The number of benzene rings is 2. The molecule has 5 N–H and O–H groups in total. The summed E-state index contributed by atoms with van der Waals surface area (Å²) in [5.41, 5.74) is 13.4. The van der Waals surface area contributed by atoms with Crippen molar-refractivity contribution < 1.29 is 14.6 Å². The third-order valence-electron chi connectivity index (χ3n) is 3.94. The summed E-state index contributed by atoms with van der Waals surface area (Å²) >= 11 is 1.47. The van der Waals surface area contributed by atoms with Crippen molar-refractivity contribution in [2.24, 2.45) is 0 Å². The SMILES string of the molecule is C=C/C=C(\C=C/C)C(O)(OC)C(=O)c1ccc(Sc2cc(N)cc(N)c2)cc1. The third kappa shape index (κ3) is 4.92. The van der Waals surface area contributed by atoms with E-state index in [-0.39, 0.29) is 0 Å². The number of nitrogens with two attached hydrogens (primary N) is 2. The van der Waals surface area contributed by atoms with Crippen molar-refractivity contribution in [3.63, 3.8) is 0 Å². The fraction of sp³-hybridized carbons (Fsp3) is 0.136. The average molecular weight is 397 g/mol. The van der Waals surface area contributed by atoms with Crippen LogP contribution in [0.5, 0.6) is 0 Å². The Morgan fingerprint density at radius 3 is 2.25 bits per heavy atom. The molecule has 0 aliphatic rings. The van der Waals surface area contributed by atoms with Crippen molar-refractivity contribution in [2.45, 2.75) is 22.5 Å². The molecule has 28 heavy (non-hydrogen) atoms. The Morgan fingerprint density at radius 2 is 1.75 bits per heavy atom. The summed E-state index contributed by atoms with van der Waals surface area (Å²) in [5, 5.41) is 10.9. The van der Waals surface area contributed by atoms with Crippen LogP contribution in [0.4, 0.5) is 11.4 Å². The van der Waals surface area contributed by atoms with Crippen molar-refractivity contribution in [1.82, 2.24) is 0 Å². The van der Waals surface area contributed by atoms with Gasteiger partial charge < -0.3 is 21.3 Å². The third-order valence-corrected chi connectivity index (χ3v) is 4.92. The molecule has 0 aliphatic carbocycles. The lowest BCUT2D eigenvalue weighted by atomic mass is 9.95. The van der Waals surface area contributed by atoms with Gasteiger partial charge in [0.2, 0.25) is 5.78 Å². The average Bonchev–Trinajstić information content (AvgIpc) is 2.66. The molecule has 0 radical (unpaired) electrons. The van der Waals surface area contributed by atoms with Gasteiger partial charge in [-0.2, -0.15) is 0 Å². The highest BCUT2D eigenvalue weighted by Crippen LogP contribution is 2.32. The van der Waals surface area contributed by atoms with E-state index in [2.05, 4.69) is 6.58 Å². The molecule has 0 heterocycles. The number of hydrogen-bond donors (Lipinski definition) is 3. The van der Waals surface area contributed by atoms with Gasteiger partial charge in [0, 0.05) is 39.4 Å². The van der Waals surface area contributed by atoms with E-state index < -0.39 is 11.6 Å². The monoisotopic (exact) mass is 396 g/mol. The number of Topliss-reactive ketones (excluding diaryl/α,β-unsaturated/α-hetero) is 1. The van der Waals surface area contributed by atoms with Gasteiger partial charge in [-0.1, -0.05) is 54.8 Å². The van der Waals surface area contributed by atoms with Gasteiger partial charge in [-0.05, 0) is 37.3 Å². The minimum absolute atomic E-state index is 0.297. The summed E-state index contributed by atoms with van der Waals surface area (Å²) in [6.07, 6.45) is 6.35. The van der Waals surface area contributed by atoms with Gasteiger partial charge in [-0.25, -0.2) is 0 Å². The molecule has 0 aliphatic heterocycles. The number of carbonyl (C=O) groups excluding carboxylic acids is 1. The zero-order valence-corrected chi connectivity index (χ0v) is 16.7. The first-order valence-electron chi connectivity index (χ1n) is 8.56. The van der Waals surface area contributed by atoms with Crippen molar-refractivity contribution in [3.8, 4) is 0 Å². The van der Waals surface area contributed by atoms with Gasteiger partial charge >= 0.3 is 0 Å². The highest BCUT2D eigenvalue weighted by Gasteiger charge is 2.39. The van der Waals surface area contributed by atoms with E-state index in [1.807, 2.05) is 12.1 Å². The standard InChI is InChI=1S/C22H24N2O3S/c1-4-6-16(7-5-2)22(26,27-3)21(25)15-8-10-19(11-9-15)28-20-13-17(23)12-18(24)14-20/h4-14,26H,1,23-24H2,2-3H3/b7-5-,16-6+. The maximum absolute atomic E-state index is 12.9. The van der Waals surface area contributed by atoms with Gasteiger partial charge in [0.25, 0.3) is 5.79 Å². The fourth-order valence-electron chi connectivity index (χ4n) is 2.64. The normalized spacial score (nSPS) is 14.0. The summed E-state index contributed by atoms with van der Waals surface area (Å²) in [4.78, 5) is 14.7. The number of anilines is 2. The molecule has 0 fully saturated rings. The molecule has 6 heteroatoms. The quantitative estimate of drug-likeness (QED) is 0.268. The van der Waals surface area contributed by atoms with Crippen LogP contribution in [0.2, 0.25) is 0 Å². The largest absolute Gasteiger partial charge is 0.399 e. The number of nitrogen functional groups attached to an aromatic ring is 2. The summed E-state index contributed by atoms with van der Waals surface area (Å²) in [6.45, 7) is 5.40. The van der Waals surface area contributed by atoms with Crippen molar-refractivity contribution in [1.29, 1.82) is 0 Å². The van der Waals surface area contributed by atoms with Crippen LogP contribution in [0.15, 0.2) is 88.7 Å². The minimum Gasteiger partial charge on any atom is -0.399 e. The van der Waals surface area contributed by atoms with E-state index in [1.54, 1.807) is 49.4 Å². The maximum Gasteiger partial charge on any atom is 0.258 e. The topological polar surface area (TPSA) is 98.6 Å². The number of ketones is 1. The van der Waals surface area contributed by atoms with Gasteiger partial charge in [0.1, 0.15) is 0 Å². The second kappa shape index (κ2) is 9.41. The summed E-state index contributed by atoms with van der Waals surface area (Å²) in [5.74, 6) is -2.66. The Hall–Kier alpha value is -2.80. The smallest absolute Gasteiger partial charge is 0.258 e. The van der Waals surface area contributed by atoms with Gasteiger partial charge in [0.15, 0.2) is 0 Å². The molecule has 2 aromatic carbocycles. The maximum atomic E-state index is 12.9. The van der Waals surface area contributed by atoms with Gasteiger partial charge in [-0.3, -0.25) is 4.79 Å². The van der Waals surface area contributed by atoms with E-state index >= 15 is 0 Å². The first-order chi connectivity index (χ1) is 13.3. The highest BCUT2D eigenvalue weighted by molar-refractivity contribution is 7.99. The van der Waals surface area contributed by atoms with E-state index in [0.717, 1.165) is 9.79 Å². The van der Waals surface area contributed by atoms with Crippen LogP contribution in [0, 0.1) is 0 Å². The first kappa shape index (κ1) is 21.5. The van der Waals surface area contributed by atoms with Gasteiger partial charge in [0.05, 0.1) is 0 Å². The van der Waals surface area contributed by atoms with Crippen molar-refractivity contribution in [2.75, 3.05) is 18.6 Å². The molecule has 5 nitrogen and oxygen atoms in total. The fourth-order valence-corrected chi connectivity index (χ4v) is 3.57. The van der Waals surface area contributed by atoms with Crippen LogP contribution >= 0.6 is 11.8 Å². The number of carbonyl (C=O) groups is 1. The number of ether oxygens (including phenoxy) is 1. The molecule has 0 saturated heterocycles. The minimum atomic E-state index is -2.10.